The van der Waals surface area contributed by atoms with Crippen molar-refractivity contribution in [3.63, 3.8) is 0 Å². The Morgan fingerprint density at radius 2 is 1.94 bits per heavy atom. The lowest BCUT2D eigenvalue weighted by Crippen LogP contribution is -2.10. The van der Waals surface area contributed by atoms with Crippen LogP contribution in [0, 0.1) is 22.7 Å². The fraction of sp³-hybridized carbons (Fsp3) is 0.0476. The summed E-state index contributed by atoms with van der Waals surface area (Å²) in [5.41, 5.74) is 7.10. The zero-order valence-electron chi connectivity index (χ0n) is 16.1. The summed E-state index contributed by atoms with van der Waals surface area (Å²) < 4.78 is 7.77. The first-order chi connectivity index (χ1) is 15.5. The van der Waals surface area contributed by atoms with E-state index in [0.717, 1.165) is 4.47 Å². The van der Waals surface area contributed by atoms with Crippen LogP contribution < -0.4 is 11.3 Å². The van der Waals surface area contributed by atoms with E-state index >= 15 is 0 Å². The number of hydrogen-bond acceptors (Lipinski definition) is 8. The van der Waals surface area contributed by atoms with Crippen molar-refractivity contribution in [2.75, 3.05) is 5.73 Å². The molecule has 0 spiro atoms. The van der Waals surface area contributed by atoms with Crippen LogP contribution in [0.2, 0.25) is 0 Å². The van der Waals surface area contributed by atoms with Gasteiger partial charge in [0.25, 0.3) is 5.56 Å². The predicted octanol–water partition coefficient (Wildman–Crippen LogP) is 3.06. The summed E-state index contributed by atoms with van der Waals surface area (Å²) in [6.07, 6.45) is 1.53. The molecule has 0 bridgehead atoms. The summed E-state index contributed by atoms with van der Waals surface area (Å²) >= 11 is 3.35. The molecule has 0 aliphatic rings. The molecule has 0 fully saturated rings. The molecule has 4 heterocycles. The first-order valence-electron chi connectivity index (χ1n) is 9.22. The first kappa shape index (κ1) is 19.5. The Hall–Kier alpha value is -4.48. The number of benzene rings is 1. The maximum Gasteiger partial charge on any atom is 0.259 e. The molecule has 32 heavy (non-hydrogen) atoms. The number of furan rings is 1. The highest BCUT2D eigenvalue weighted by Crippen LogP contribution is 2.34. The van der Waals surface area contributed by atoms with Crippen LogP contribution in [-0.2, 0) is 6.54 Å². The molecule has 1 aromatic carbocycles. The molecule has 154 valence electrons. The Kier molecular flexibility index (Phi) is 4.47. The van der Waals surface area contributed by atoms with Crippen LogP contribution in [0.3, 0.4) is 0 Å². The molecule has 5 rings (SSSR count). The van der Waals surface area contributed by atoms with Gasteiger partial charge in [0.15, 0.2) is 17.0 Å². The van der Waals surface area contributed by atoms with Crippen LogP contribution in [0.1, 0.15) is 17.1 Å². The Labute approximate surface area is 187 Å². The molecule has 0 unspecified atom stereocenters. The normalized spacial score (nSPS) is 11.0. The van der Waals surface area contributed by atoms with Crippen molar-refractivity contribution in [1.29, 1.82) is 10.5 Å². The molecule has 0 aliphatic heterocycles. The average molecular weight is 487 g/mol. The summed E-state index contributed by atoms with van der Waals surface area (Å²) in [5, 5.41) is 19.2. The number of aromatic amines is 1. The smallest absolute Gasteiger partial charge is 0.259 e. The van der Waals surface area contributed by atoms with Gasteiger partial charge < -0.3 is 19.7 Å². The summed E-state index contributed by atoms with van der Waals surface area (Å²) in [6.45, 7) is 0.200. The van der Waals surface area contributed by atoms with Gasteiger partial charge in [-0.25, -0.2) is 15.0 Å². The second-order valence-corrected chi connectivity index (χ2v) is 7.73. The third kappa shape index (κ3) is 3.00. The summed E-state index contributed by atoms with van der Waals surface area (Å²) in [6, 6.07) is 12.4. The van der Waals surface area contributed by atoms with Crippen LogP contribution in [0.15, 0.2) is 50.3 Å². The van der Waals surface area contributed by atoms with Gasteiger partial charge in [-0.3, -0.25) is 4.79 Å². The lowest BCUT2D eigenvalue weighted by molar-refractivity contribution is 0.497. The average Bonchev–Trinajstić information content (AvgIpc) is 3.39. The minimum absolute atomic E-state index is 0.130. The molecular weight excluding hydrogens is 476 g/mol. The van der Waals surface area contributed by atoms with Gasteiger partial charge in [-0.2, -0.15) is 10.5 Å². The topological polar surface area (TPSA) is 163 Å². The number of nitrogens with one attached hydrogen (secondary N) is 1. The minimum Gasteiger partial charge on any atom is -0.467 e. The Balaban J connectivity index is 1.85. The van der Waals surface area contributed by atoms with Gasteiger partial charge in [0.05, 0.1) is 29.3 Å². The lowest BCUT2D eigenvalue weighted by Gasteiger charge is -2.06. The Morgan fingerprint density at radius 3 is 2.66 bits per heavy atom. The highest BCUT2D eigenvalue weighted by Gasteiger charge is 2.24. The summed E-state index contributed by atoms with van der Waals surface area (Å²) in [7, 11) is 0. The molecule has 0 aliphatic carbocycles. The quantitative estimate of drug-likeness (QED) is 0.392. The molecule has 4 aromatic heterocycles. The van der Waals surface area contributed by atoms with E-state index in [2.05, 4.69) is 35.9 Å². The lowest BCUT2D eigenvalue weighted by atomic mass is 10.2. The number of halogens is 1. The van der Waals surface area contributed by atoms with Gasteiger partial charge in [-0.05, 0) is 30.3 Å². The number of hydrogen-bond donors (Lipinski definition) is 2. The van der Waals surface area contributed by atoms with Crippen molar-refractivity contribution in [3.05, 3.63) is 68.6 Å². The van der Waals surface area contributed by atoms with Crippen molar-refractivity contribution < 1.29 is 4.42 Å². The van der Waals surface area contributed by atoms with E-state index in [4.69, 9.17) is 10.2 Å². The van der Waals surface area contributed by atoms with Crippen LogP contribution in [0.4, 0.5) is 5.82 Å². The molecule has 0 saturated carbocycles. The Morgan fingerprint density at radius 1 is 1.16 bits per heavy atom. The van der Waals surface area contributed by atoms with E-state index in [9.17, 15) is 15.3 Å². The summed E-state index contributed by atoms with van der Waals surface area (Å²) in [4.78, 5) is 28.7. The van der Waals surface area contributed by atoms with E-state index in [1.54, 1.807) is 34.9 Å². The third-order valence-electron chi connectivity index (χ3n) is 4.93. The number of nitrogens with two attached hydrogens (primary N) is 1. The zero-order valence-corrected chi connectivity index (χ0v) is 17.7. The second kappa shape index (κ2) is 7.34. The van der Waals surface area contributed by atoms with E-state index in [-0.39, 0.29) is 46.3 Å². The zero-order chi connectivity index (χ0) is 22.4. The van der Waals surface area contributed by atoms with Crippen LogP contribution in [0.5, 0.6) is 0 Å². The summed E-state index contributed by atoms with van der Waals surface area (Å²) in [5.74, 6) is 0.970. The molecule has 0 saturated heterocycles. The van der Waals surface area contributed by atoms with Crippen molar-refractivity contribution in [1.82, 2.24) is 24.5 Å². The first-order valence-corrected chi connectivity index (χ1v) is 10.0. The molecule has 5 aromatic rings. The monoisotopic (exact) mass is 486 g/mol. The van der Waals surface area contributed by atoms with Gasteiger partial charge in [0.2, 0.25) is 0 Å². The highest BCUT2D eigenvalue weighted by atomic mass is 79.9. The van der Waals surface area contributed by atoms with Crippen LogP contribution in [0.25, 0.3) is 33.5 Å². The van der Waals surface area contributed by atoms with Crippen LogP contribution >= 0.6 is 15.9 Å². The number of anilines is 1. The predicted molar refractivity (Wildman–Crippen MR) is 118 cm³/mol. The highest BCUT2D eigenvalue weighted by molar-refractivity contribution is 9.10. The van der Waals surface area contributed by atoms with Gasteiger partial charge in [0, 0.05) is 4.47 Å². The number of nitrogens with zero attached hydrogens (tertiary/aromatic N) is 6. The number of fused-ring (bicyclic) bond motifs is 2. The van der Waals surface area contributed by atoms with Gasteiger partial charge in [-0.15, -0.1) is 0 Å². The maximum absolute atomic E-state index is 12.7. The molecule has 11 heteroatoms. The molecule has 10 nitrogen and oxygen atoms in total. The molecular formula is C21H11BrN8O2. The molecule has 0 atom stereocenters. The number of aromatic nitrogens is 5. The molecule has 3 N–H and O–H groups in total. The van der Waals surface area contributed by atoms with Gasteiger partial charge in [-0.1, -0.05) is 15.9 Å². The maximum atomic E-state index is 12.7. The van der Waals surface area contributed by atoms with Gasteiger partial charge >= 0.3 is 0 Å². The second-order valence-electron chi connectivity index (χ2n) is 6.82. The Bertz CT molecular complexity index is 1670. The van der Waals surface area contributed by atoms with Crippen molar-refractivity contribution >= 4 is 43.8 Å². The molecule has 0 radical (unpaired) electrons. The van der Waals surface area contributed by atoms with E-state index in [1.165, 1.54) is 6.26 Å². The van der Waals surface area contributed by atoms with E-state index in [0.29, 0.717) is 22.2 Å². The number of nitrogen functional groups attached to an aromatic ring is 1. The number of nitriles is 2. The van der Waals surface area contributed by atoms with Crippen molar-refractivity contribution in [2.24, 2.45) is 0 Å². The van der Waals surface area contributed by atoms with Crippen molar-refractivity contribution in [3.8, 4) is 23.5 Å². The van der Waals surface area contributed by atoms with Crippen LogP contribution in [-0.4, -0.2) is 24.5 Å². The van der Waals surface area contributed by atoms with Gasteiger partial charge in [0.1, 0.15) is 35.1 Å². The third-order valence-corrected chi connectivity index (χ3v) is 5.42. The number of rotatable bonds is 3. The fourth-order valence-electron chi connectivity index (χ4n) is 3.49. The van der Waals surface area contributed by atoms with E-state index < -0.39 is 0 Å². The standard InChI is InChI=1S/C21H11BrN8O2/c22-10-3-4-13-12(6-10)21(31)29-19(27-13)16-17-20(28-15(8-24)14(7-23)26-17)30(18(16)25)9-11-2-1-5-32-11/h1-6H,9,25H2,(H,27,29,31). The fourth-order valence-corrected chi connectivity index (χ4v) is 3.85. The number of H-pyrrole nitrogens is 1. The van der Waals surface area contributed by atoms with E-state index in [1.807, 2.05) is 12.1 Å². The SMILES string of the molecule is N#Cc1nc2c(-c3nc4ccc(Br)cc4c(=O)[nH]3)c(N)n(Cc3ccco3)c2nc1C#N. The van der Waals surface area contributed by atoms with Crippen molar-refractivity contribution in [2.45, 2.75) is 6.54 Å². The minimum atomic E-state index is -0.361. The molecule has 0 amide bonds. The largest absolute Gasteiger partial charge is 0.467 e.